The van der Waals surface area contributed by atoms with Gasteiger partial charge in [-0.2, -0.15) is 9.78 Å². The smallest absolute Gasteiger partial charge is 0.342 e. The summed E-state index contributed by atoms with van der Waals surface area (Å²) in [5.41, 5.74) is 2.30. The number of aromatic nitrogens is 2. The van der Waals surface area contributed by atoms with Crippen LogP contribution in [0.3, 0.4) is 0 Å². The second-order valence-electron chi connectivity index (χ2n) is 6.92. The lowest BCUT2D eigenvalue weighted by Gasteiger charge is -2.20. The predicted molar refractivity (Wildman–Crippen MR) is 112 cm³/mol. The number of hydrogen-bond donors (Lipinski definition) is 1. The van der Waals surface area contributed by atoms with Gasteiger partial charge < -0.3 is 15.0 Å². The fourth-order valence-electron chi connectivity index (χ4n) is 3.19. The summed E-state index contributed by atoms with van der Waals surface area (Å²) in [6.45, 7) is 0.00719. The Labute approximate surface area is 180 Å². The number of anilines is 1. The first-order chi connectivity index (χ1) is 14.4. The minimum Gasteiger partial charge on any atom is -0.489 e. The van der Waals surface area contributed by atoms with E-state index in [-0.39, 0.29) is 18.3 Å². The number of likely N-dealkylation sites (N-methyl/N-ethyl adjacent to an activating group) is 1. The van der Waals surface area contributed by atoms with Crippen molar-refractivity contribution in [3.8, 4) is 5.75 Å². The molecule has 9 heteroatoms. The maximum Gasteiger partial charge on any atom is 0.342 e. The van der Waals surface area contributed by atoms with E-state index in [1.807, 2.05) is 6.07 Å². The van der Waals surface area contributed by atoms with Crippen LogP contribution in [0.5, 0.6) is 5.75 Å². The highest BCUT2D eigenvalue weighted by Crippen LogP contribution is 2.33. The number of fused-ring (bicyclic) bond motifs is 1. The number of rotatable bonds is 3. The van der Waals surface area contributed by atoms with E-state index in [4.69, 9.17) is 4.74 Å². The molecule has 0 fully saturated rings. The summed E-state index contributed by atoms with van der Waals surface area (Å²) in [6.07, 6.45) is 3.65. The summed E-state index contributed by atoms with van der Waals surface area (Å²) in [6, 6.07) is 10.1. The number of nitrogens with one attached hydrogen (secondary N) is 1. The van der Waals surface area contributed by atoms with Crippen LogP contribution in [0.15, 0.2) is 59.3 Å². The first kappa shape index (κ1) is 20.1. The van der Waals surface area contributed by atoms with Crippen LogP contribution >= 0.6 is 15.9 Å². The Morgan fingerprint density at radius 2 is 2.03 bits per heavy atom. The first-order valence-electron chi connectivity index (χ1n) is 9.19. The molecular weight excluding hydrogens is 455 g/mol. The molecule has 0 aliphatic carbocycles. The molecule has 2 heterocycles. The molecule has 0 saturated carbocycles. The van der Waals surface area contributed by atoms with Crippen molar-refractivity contribution in [1.82, 2.24) is 15.1 Å². The lowest BCUT2D eigenvalue weighted by atomic mass is 10.1. The first-order valence-corrected chi connectivity index (χ1v) is 9.99. The van der Waals surface area contributed by atoms with Gasteiger partial charge in [0.15, 0.2) is 0 Å². The van der Waals surface area contributed by atoms with E-state index in [2.05, 4.69) is 26.3 Å². The Kier molecular flexibility index (Phi) is 5.54. The van der Waals surface area contributed by atoms with Crippen LogP contribution < -0.4 is 15.0 Å². The van der Waals surface area contributed by atoms with Crippen molar-refractivity contribution in [2.24, 2.45) is 0 Å². The molecule has 1 atom stereocenters. The van der Waals surface area contributed by atoms with E-state index in [0.29, 0.717) is 17.9 Å². The number of carbonyl (C=O) groups is 2. The molecule has 2 amide bonds. The largest absolute Gasteiger partial charge is 0.489 e. The third-order valence-electron chi connectivity index (χ3n) is 4.78. The van der Waals surface area contributed by atoms with Crippen LogP contribution in [0, 0.1) is 5.82 Å². The van der Waals surface area contributed by atoms with Gasteiger partial charge in [-0.15, -0.1) is 0 Å². The Bertz CT molecular complexity index is 1100. The van der Waals surface area contributed by atoms with Crippen LogP contribution in [-0.4, -0.2) is 41.4 Å². The van der Waals surface area contributed by atoms with Gasteiger partial charge in [-0.05, 0) is 41.5 Å². The van der Waals surface area contributed by atoms with Crippen molar-refractivity contribution in [2.45, 2.75) is 12.5 Å². The lowest BCUT2D eigenvalue weighted by Crippen LogP contribution is -2.50. The highest BCUT2D eigenvalue weighted by atomic mass is 79.9. The zero-order chi connectivity index (χ0) is 21.3. The van der Waals surface area contributed by atoms with Gasteiger partial charge in [0, 0.05) is 24.1 Å². The van der Waals surface area contributed by atoms with Crippen molar-refractivity contribution in [1.29, 1.82) is 0 Å². The molecule has 1 aliphatic heterocycles. The van der Waals surface area contributed by atoms with Gasteiger partial charge in [-0.3, -0.25) is 4.79 Å². The van der Waals surface area contributed by atoms with Gasteiger partial charge in [-0.1, -0.05) is 28.1 Å². The maximum absolute atomic E-state index is 13.0. The van der Waals surface area contributed by atoms with Gasteiger partial charge in [0.05, 0.1) is 11.9 Å². The highest BCUT2D eigenvalue weighted by Gasteiger charge is 2.31. The van der Waals surface area contributed by atoms with Crippen molar-refractivity contribution < 1.29 is 18.7 Å². The minimum absolute atomic E-state index is 0.00719. The minimum atomic E-state index is -0.863. The van der Waals surface area contributed by atoms with E-state index in [1.165, 1.54) is 17.0 Å². The van der Waals surface area contributed by atoms with E-state index < -0.39 is 12.1 Å². The number of benzene rings is 2. The molecule has 30 heavy (non-hydrogen) atoms. The van der Waals surface area contributed by atoms with Gasteiger partial charge in [0.25, 0.3) is 5.91 Å². The second-order valence-corrected chi connectivity index (χ2v) is 7.83. The topological polar surface area (TPSA) is 76.5 Å². The quantitative estimate of drug-likeness (QED) is 0.633. The molecule has 4 rings (SSSR count). The summed E-state index contributed by atoms with van der Waals surface area (Å²) in [4.78, 5) is 26.9. The molecule has 0 spiro atoms. The van der Waals surface area contributed by atoms with Crippen LogP contribution in [0.25, 0.3) is 0 Å². The third-order valence-corrected chi connectivity index (χ3v) is 5.27. The Balaban J connectivity index is 1.44. The second kappa shape index (κ2) is 8.27. The van der Waals surface area contributed by atoms with E-state index >= 15 is 0 Å². The highest BCUT2D eigenvalue weighted by molar-refractivity contribution is 9.10. The number of hydrogen-bond acceptors (Lipinski definition) is 4. The predicted octanol–water partition coefficient (Wildman–Crippen LogP) is 3.36. The molecule has 1 N–H and O–H groups in total. The van der Waals surface area contributed by atoms with E-state index in [9.17, 15) is 14.0 Å². The fourth-order valence-corrected chi connectivity index (χ4v) is 3.54. The van der Waals surface area contributed by atoms with Gasteiger partial charge >= 0.3 is 6.03 Å². The molecule has 154 valence electrons. The number of carbonyl (C=O) groups excluding carboxylic acids is 2. The average Bonchev–Trinajstić information content (AvgIpc) is 3.17. The van der Waals surface area contributed by atoms with Gasteiger partial charge in [-0.25, -0.2) is 9.18 Å². The number of halogens is 2. The van der Waals surface area contributed by atoms with Crippen LogP contribution in [-0.2, 0) is 11.2 Å². The monoisotopic (exact) mass is 472 g/mol. The van der Waals surface area contributed by atoms with Gasteiger partial charge in [0.2, 0.25) is 0 Å². The molecule has 0 saturated heterocycles. The standard InChI is InChI=1S/C21H18BrFN4O3/c1-26-18-9-15(22)4-7-19(18)30-12-17(20(26)28)25-21(29)27-11-14(10-24-27)8-13-2-5-16(23)6-3-13/h2-7,9-11,17H,8,12H2,1H3,(H,25,29). The summed E-state index contributed by atoms with van der Waals surface area (Å²) in [5.74, 6) is -0.0334. The molecular formula is C21H18BrFN4O3. The fraction of sp³-hybridized carbons (Fsp3) is 0.190. The summed E-state index contributed by atoms with van der Waals surface area (Å²) in [5, 5.41) is 6.75. The van der Waals surface area contributed by atoms with Crippen molar-refractivity contribution in [3.63, 3.8) is 0 Å². The summed E-state index contributed by atoms with van der Waals surface area (Å²) >= 11 is 3.39. The Morgan fingerprint density at radius 3 is 2.80 bits per heavy atom. The van der Waals surface area contributed by atoms with Crippen LogP contribution in [0.1, 0.15) is 11.1 Å². The Morgan fingerprint density at radius 1 is 1.27 bits per heavy atom. The molecule has 1 aromatic heterocycles. The van der Waals surface area contributed by atoms with Crippen molar-refractivity contribution >= 4 is 33.6 Å². The van der Waals surface area contributed by atoms with Crippen LogP contribution in [0.2, 0.25) is 0 Å². The van der Waals surface area contributed by atoms with Crippen molar-refractivity contribution in [2.75, 3.05) is 18.6 Å². The molecule has 0 bridgehead atoms. The molecule has 2 aromatic carbocycles. The maximum atomic E-state index is 13.0. The summed E-state index contributed by atoms with van der Waals surface area (Å²) in [7, 11) is 1.64. The zero-order valence-electron chi connectivity index (χ0n) is 16.0. The molecule has 0 radical (unpaired) electrons. The Hall–Kier alpha value is -3.20. The third kappa shape index (κ3) is 4.20. The zero-order valence-corrected chi connectivity index (χ0v) is 17.6. The molecule has 1 unspecified atom stereocenters. The normalized spacial score (nSPS) is 15.9. The van der Waals surface area contributed by atoms with Crippen molar-refractivity contribution in [3.05, 3.63) is 76.3 Å². The SMILES string of the molecule is CN1C(=O)C(NC(=O)n2cc(Cc3ccc(F)cc3)cn2)COc2ccc(Br)cc21. The van der Waals surface area contributed by atoms with Crippen LogP contribution in [0.4, 0.5) is 14.9 Å². The number of amides is 2. The molecule has 1 aliphatic rings. The average molecular weight is 473 g/mol. The number of ether oxygens (including phenoxy) is 1. The van der Waals surface area contributed by atoms with E-state index in [0.717, 1.165) is 20.3 Å². The number of nitrogens with zero attached hydrogens (tertiary/aromatic N) is 3. The molecule has 7 nitrogen and oxygen atoms in total. The lowest BCUT2D eigenvalue weighted by molar-refractivity contribution is -0.120. The van der Waals surface area contributed by atoms with Gasteiger partial charge in [0.1, 0.15) is 24.2 Å². The summed E-state index contributed by atoms with van der Waals surface area (Å²) < 4.78 is 20.7. The van der Waals surface area contributed by atoms with E-state index in [1.54, 1.807) is 43.7 Å². The molecule has 3 aromatic rings.